The molecule has 3 aromatic rings. The minimum atomic E-state index is -1.84. The average Bonchev–Trinajstić information content (AvgIpc) is 3.12. The van der Waals surface area contributed by atoms with E-state index in [-0.39, 0.29) is 18.8 Å². The minimum absolute atomic E-state index is 0.136. The fourth-order valence-corrected chi connectivity index (χ4v) is 3.72. The van der Waals surface area contributed by atoms with Crippen LogP contribution in [0.2, 0.25) is 0 Å². The number of ether oxygens (including phenoxy) is 1. The van der Waals surface area contributed by atoms with E-state index in [1.54, 1.807) is 6.20 Å². The summed E-state index contributed by atoms with van der Waals surface area (Å²) in [6.45, 7) is -0.373. The molecule has 9 heteroatoms. The van der Waals surface area contributed by atoms with Crippen molar-refractivity contribution in [3.8, 4) is 0 Å². The van der Waals surface area contributed by atoms with Crippen molar-refractivity contribution < 1.29 is 17.9 Å². The predicted octanol–water partition coefficient (Wildman–Crippen LogP) is 3.90. The summed E-state index contributed by atoms with van der Waals surface area (Å²) in [6.07, 6.45) is 4.00. The van der Waals surface area contributed by atoms with Crippen molar-refractivity contribution in [1.29, 1.82) is 0 Å². The third kappa shape index (κ3) is 3.54. The second-order valence-electron chi connectivity index (χ2n) is 6.95. The topological polar surface area (TPSA) is 78.9 Å². The van der Waals surface area contributed by atoms with Crippen LogP contribution in [0.4, 0.5) is 19.0 Å². The Morgan fingerprint density at radius 1 is 1.14 bits per heavy atom. The van der Waals surface area contributed by atoms with E-state index in [2.05, 4.69) is 15.1 Å². The van der Waals surface area contributed by atoms with Gasteiger partial charge in [-0.25, -0.2) is 27.8 Å². The molecule has 1 aliphatic carbocycles. The zero-order chi connectivity index (χ0) is 19.7. The number of nitrogen functional groups attached to an aromatic ring is 1. The molecule has 0 aliphatic heterocycles. The molecule has 0 amide bonds. The third-order valence-electron chi connectivity index (χ3n) is 5.20. The molecule has 0 bridgehead atoms. The van der Waals surface area contributed by atoms with E-state index in [9.17, 15) is 13.2 Å². The molecular weight excluding hydrogens is 371 g/mol. The maximum absolute atomic E-state index is 14.3. The van der Waals surface area contributed by atoms with Gasteiger partial charge in [0.2, 0.25) is 0 Å². The van der Waals surface area contributed by atoms with E-state index >= 15 is 0 Å². The molecule has 28 heavy (non-hydrogen) atoms. The monoisotopic (exact) mass is 391 g/mol. The summed E-state index contributed by atoms with van der Waals surface area (Å²) in [4.78, 5) is 8.22. The van der Waals surface area contributed by atoms with Crippen LogP contribution >= 0.6 is 0 Å². The van der Waals surface area contributed by atoms with Crippen LogP contribution in [0, 0.1) is 11.6 Å². The Morgan fingerprint density at radius 3 is 2.57 bits per heavy atom. The second-order valence-corrected chi connectivity index (χ2v) is 6.95. The third-order valence-corrected chi connectivity index (χ3v) is 5.20. The maximum Gasteiger partial charge on any atom is 0.163 e. The molecule has 1 atom stereocenters. The first kappa shape index (κ1) is 18.7. The van der Waals surface area contributed by atoms with Crippen molar-refractivity contribution in [1.82, 2.24) is 19.7 Å². The fraction of sp³-hybridized carbons (Fsp3) is 0.421. The molecular formula is C19H20F3N5O. The van der Waals surface area contributed by atoms with Crippen molar-refractivity contribution in [2.24, 2.45) is 0 Å². The highest BCUT2D eigenvalue weighted by molar-refractivity contribution is 5.84. The Kier molecular flexibility index (Phi) is 5.17. The zero-order valence-electron chi connectivity index (χ0n) is 15.1. The van der Waals surface area contributed by atoms with Gasteiger partial charge in [-0.05, 0) is 37.8 Å². The number of hydrogen-bond acceptors (Lipinski definition) is 5. The first-order valence-corrected chi connectivity index (χ1v) is 9.18. The molecule has 4 rings (SSSR count). The molecule has 1 aliphatic rings. The summed E-state index contributed by atoms with van der Waals surface area (Å²) in [6, 6.07) is 3.43. The van der Waals surface area contributed by atoms with Crippen LogP contribution in [0.5, 0.6) is 0 Å². The molecule has 0 radical (unpaired) electrons. The van der Waals surface area contributed by atoms with Crippen LogP contribution in [0.1, 0.15) is 43.5 Å². The Labute approximate surface area is 159 Å². The summed E-state index contributed by atoms with van der Waals surface area (Å²) in [7, 11) is 0. The smallest absolute Gasteiger partial charge is 0.163 e. The van der Waals surface area contributed by atoms with Crippen LogP contribution in [0.3, 0.4) is 0 Å². The standard InChI is InChI=1S/C19H20F3N5O/c20-14-2-1-3-15(21)17(14)16(22)9-28-12-6-4-11(5-7-12)27-19-13(8-26-27)18(23)24-10-25-19/h1-3,8,10-12,16H,4-7,9H2,(H2,23,24,25). The van der Waals surface area contributed by atoms with Gasteiger partial charge in [0.1, 0.15) is 23.8 Å². The van der Waals surface area contributed by atoms with Crippen molar-refractivity contribution in [3.05, 3.63) is 47.9 Å². The van der Waals surface area contributed by atoms with Crippen molar-refractivity contribution in [2.45, 2.75) is 44.0 Å². The molecule has 1 unspecified atom stereocenters. The quantitative estimate of drug-likeness (QED) is 0.714. The number of benzene rings is 1. The molecule has 2 N–H and O–H groups in total. The summed E-state index contributed by atoms with van der Waals surface area (Å²) in [5.41, 5.74) is 5.96. The molecule has 1 fully saturated rings. The molecule has 0 saturated heterocycles. The van der Waals surface area contributed by atoms with E-state index < -0.39 is 23.4 Å². The SMILES string of the molecule is Nc1ncnc2c1cnn2C1CCC(OCC(F)c2c(F)cccc2F)CC1. The second kappa shape index (κ2) is 7.75. The molecule has 2 heterocycles. The van der Waals surface area contributed by atoms with Gasteiger partial charge in [-0.1, -0.05) is 6.07 Å². The Morgan fingerprint density at radius 2 is 1.86 bits per heavy atom. The van der Waals surface area contributed by atoms with Gasteiger partial charge in [0.15, 0.2) is 11.8 Å². The lowest BCUT2D eigenvalue weighted by atomic mass is 9.93. The number of anilines is 1. The largest absolute Gasteiger partial charge is 0.383 e. The lowest BCUT2D eigenvalue weighted by Gasteiger charge is -2.29. The number of fused-ring (bicyclic) bond motifs is 1. The summed E-state index contributed by atoms with van der Waals surface area (Å²) >= 11 is 0. The van der Waals surface area contributed by atoms with Crippen LogP contribution in [-0.2, 0) is 4.74 Å². The number of aromatic nitrogens is 4. The molecule has 1 aromatic carbocycles. The van der Waals surface area contributed by atoms with E-state index in [1.165, 1.54) is 12.4 Å². The summed E-state index contributed by atoms with van der Waals surface area (Å²) in [5, 5.41) is 5.10. The molecule has 148 valence electrons. The van der Waals surface area contributed by atoms with Gasteiger partial charge in [0.05, 0.1) is 35.9 Å². The van der Waals surface area contributed by atoms with Gasteiger partial charge >= 0.3 is 0 Å². The van der Waals surface area contributed by atoms with Gasteiger partial charge < -0.3 is 10.5 Å². The maximum atomic E-state index is 14.3. The van der Waals surface area contributed by atoms with Crippen molar-refractivity contribution in [3.63, 3.8) is 0 Å². The first-order valence-electron chi connectivity index (χ1n) is 9.18. The molecule has 6 nitrogen and oxygen atoms in total. The summed E-state index contributed by atoms with van der Waals surface area (Å²) in [5.74, 6) is -1.40. The van der Waals surface area contributed by atoms with Gasteiger partial charge in [0.25, 0.3) is 0 Å². The Hall–Kier alpha value is -2.68. The van der Waals surface area contributed by atoms with Crippen molar-refractivity contribution >= 4 is 16.9 Å². The molecule has 1 saturated carbocycles. The normalized spacial score (nSPS) is 21.1. The van der Waals surface area contributed by atoms with E-state index in [0.29, 0.717) is 29.7 Å². The van der Waals surface area contributed by atoms with Crippen LogP contribution in [0.15, 0.2) is 30.7 Å². The molecule has 0 spiro atoms. The lowest BCUT2D eigenvalue weighted by Crippen LogP contribution is -2.25. The van der Waals surface area contributed by atoms with Gasteiger partial charge in [0, 0.05) is 0 Å². The number of rotatable bonds is 5. The number of halogens is 3. The number of alkyl halides is 1. The minimum Gasteiger partial charge on any atom is -0.383 e. The van der Waals surface area contributed by atoms with Crippen LogP contribution in [0.25, 0.3) is 11.0 Å². The van der Waals surface area contributed by atoms with E-state index in [0.717, 1.165) is 25.0 Å². The highest BCUT2D eigenvalue weighted by atomic mass is 19.2. The average molecular weight is 391 g/mol. The molecule has 2 aromatic heterocycles. The first-order chi connectivity index (χ1) is 13.5. The Bertz CT molecular complexity index is 951. The van der Waals surface area contributed by atoms with Crippen LogP contribution < -0.4 is 5.73 Å². The van der Waals surface area contributed by atoms with Gasteiger partial charge in [-0.2, -0.15) is 5.10 Å². The van der Waals surface area contributed by atoms with Crippen LogP contribution in [-0.4, -0.2) is 32.5 Å². The van der Waals surface area contributed by atoms with Gasteiger partial charge in [-0.15, -0.1) is 0 Å². The Balaban J connectivity index is 1.35. The van der Waals surface area contributed by atoms with E-state index in [4.69, 9.17) is 10.5 Å². The predicted molar refractivity (Wildman–Crippen MR) is 97.2 cm³/mol. The van der Waals surface area contributed by atoms with Gasteiger partial charge in [-0.3, -0.25) is 0 Å². The number of hydrogen-bond donors (Lipinski definition) is 1. The number of nitrogens with zero attached hydrogens (tertiary/aromatic N) is 4. The van der Waals surface area contributed by atoms with E-state index in [1.807, 2.05) is 4.68 Å². The van der Waals surface area contributed by atoms with Crippen molar-refractivity contribution in [2.75, 3.05) is 12.3 Å². The highest BCUT2D eigenvalue weighted by Gasteiger charge is 2.27. The zero-order valence-corrected chi connectivity index (χ0v) is 15.1. The highest BCUT2D eigenvalue weighted by Crippen LogP contribution is 2.33. The lowest BCUT2D eigenvalue weighted by molar-refractivity contribution is -0.00945. The number of nitrogens with two attached hydrogens (primary N) is 1. The summed E-state index contributed by atoms with van der Waals surface area (Å²) < 4.78 is 49.1. The fourth-order valence-electron chi connectivity index (χ4n) is 3.72.